The zero-order valence-electron chi connectivity index (χ0n) is 11.3. The normalized spacial score (nSPS) is 11.4. The zero-order valence-corrected chi connectivity index (χ0v) is 11.3. The average molecular weight is 270 g/mol. The Kier molecular flexibility index (Phi) is 5.42. The molecule has 1 aromatic carbocycles. The molecule has 106 valence electrons. The van der Waals surface area contributed by atoms with Crippen molar-refractivity contribution in [3.63, 3.8) is 0 Å². The Morgan fingerprint density at radius 1 is 1.32 bits per heavy atom. The van der Waals surface area contributed by atoms with Gasteiger partial charge in [-0.15, -0.1) is 0 Å². The van der Waals surface area contributed by atoms with Gasteiger partial charge in [-0.05, 0) is 36.9 Å². The van der Waals surface area contributed by atoms with Crippen LogP contribution >= 0.6 is 0 Å². The molecule has 0 bridgehead atoms. The van der Waals surface area contributed by atoms with E-state index in [9.17, 15) is 13.6 Å². The maximum Gasteiger partial charge on any atom is 0.254 e. The van der Waals surface area contributed by atoms with Crippen molar-refractivity contribution >= 4 is 5.91 Å². The van der Waals surface area contributed by atoms with E-state index >= 15 is 0 Å². The summed E-state index contributed by atoms with van der Waals surface area (Å²) in [6.07, 6.45) is 1.65. The first-order valence-corrected chi connectivity index (χ1v) is 6.41. The van der Waals surface area contributed by atoms with Crippen molar-refractivity contribution in [1.82, 2.24) is 5.32 Å². The van der Waals surface area contributed by atoms with E-state index in [0.29, 0.717) is 19.2 Å². The Bertz CT molecular complexity index is 437. The summed E-state index contributed by atoms with van der Waals surface area (Å²) in [6.45, 7) is 4.83. The van der Waals surface area contributed by atoms with E-state index in [4.69, 9.17) is 5.73 Å². The molecule has 3 nitrogen and oxygen atoms in total. The van der Waals surface area contributed by atoms with Crippen LogP contribution in [0.2, 0.25) is 0 Å². The second-order valence-corrected chi connectivity index (χ2v) is 4.72. The van der Waals surface area contributed by atoms with Gasteiger partial charge in [0, 0.05) is 12.6 Å². The highest BCUT2D eigenvalue weighted by Crippen LogP contribution is 2.23. The molecule has 0 atom stereocenters. The lowest BCUT2D eigenvalue weighted by molar-refractivity contribution is 0.0924. The van der Waals surface area contributed by atoms with Crippen LogP contribution in [-0.4, -0.2) is 19.0 Å². The van der Waals surface area contributed by atoms with E-state index in [-0.39, 0.29) is 11.0 Å². The predicted octanol–water partition coefficient (Wildman–Crippen LogP) is 2.46. The Morgan fingerprint density at radius 3 is 2.42 bits per heavy atom. The van der Waals surface area contributed by atoms with E-state index in [0.717, 1.165) is 25.0 Å². The SMILES string of the molecule is CCC(CC)(CN)CNC(=O)c1ccc(F)cc1F. The standard InChI is InChI=1S/C14H20F2N2O/c1-3-14(4-2,8-17)9-18-13(19)11-6-5-10(15)7-12(11)16/h5-7H,3-4,8-9,17H2,1-2H3,(H,18,19). The van der Waals surface area contributed by atoms with Gasteiger partial charge in [0.15, 0.2) is 0 Å². The third-order valence-electron chi connectivity index (χ3n) is 3.73. The summed E-state index contributed by atoms with van der Waals surface area (Å²) in [7, 11) is 0. The van der Waals surface area contributed by atoms with E-state index in [1.54, 1.807) is 0 Å². The Morgan fingerprint density at radius 2 is 1.95 bits per heavy atom. The maximum atomic E-state index is 13.4. The molecule has 1 amide bonds. The van der Waals surface area contributed by atoms with Crippen LogP contribution in [0.15, 0.2) is 18.2 Å². The fourth-order valence-corrected chi connectivity index (χ4v) is 1.90. The molecule has 1 aromatic rings. The van der Waals surface area contributed by atoms with Crippen molar-refractivity contribution in [2.45, 2.75) is 26.7 Å². The first kappa shape index (κ1) is 15.6. The highest BCUT2D eigenvalue weighted by Gasteiger charge is 2.25. The van der Waals surface area contributed by atoms with Crippen LogP contribution in [0, 0.1) is 17.0 Å². The molecule has 0 aliphatic rings. The molecule has 3 N–H and O–H groups in total. The number of nitrogens with one attached hydrogen (secondary N) is 1. The molecule has 19 heavy (non-hydrogen) atoms. The van der Waals surface area contributed by atoms with E-state index in [2.05, 4.69) is 5.32 Å². The predicted molar refractivity (Wildman–Crippen MR) is 70.8 cm³/mol. The van der Waals surface area contributed by atoms with Crippen LogP contribution in [0.1, 0.15) is 37.0 Å². The Hall–Kier alpha value is -1.49. The highest BCUT2D eigenvalue weighted by molar-refractivity contribution is 5.94. The fourth-order valence-electron chi connectivity index (χ4n) is 1.90. The number of carbonyl (C=O) groups is 1. The monoisotopic (exact) mass is 270 g/mol. The summed E-state index contributed by atoms with van der Waals surface area (Å²) in [4.78, 5) is 11.9. The Balaban J connectivity index is 2.75. The minimum Gasteiger partial charge on any atom is -0.351 e. The van der Waals surface area contributed by atoms with Crippen molar-refractivity contribution in [2.75, 3.05) is 13.1 Å². The average Bonchev–Trinajstić information content (AvgIpc) is 2.40. The second-order valence-electron chi connectivity index (χ2n) is 4.72. The van der Waals surface area contributed by atoms with Gasteiger partial charge in [-0.2, -0.15) is 0 Å². The van der Waals surface area contributed by atoms with E-state index < -0.39 is 17.5 Å². The topological polar surface area (TPSA) is 55.1 Å². The first-order valence-electron chi connectivity index (χ1n) is 6.41. The van der Waals surface area contributed by atoms with Crippen molar-refractivity contribution in [2.24, 2.45) is 11.1 Å². The van der Waals surface area contributed by atoms with Gasteiger partial charge in [0.05, 0.1) is 5.56 Å². The van der Waals surface area contributed by atoms with Crippen LogP contribution in [0.25, 0.3) is 0 Å². The third kappa shape index (κ3) is 3.73. The molecule has 5 heteroatoms. The van der Waals surface area contributed by atoms with Gasteiger partial charge < -0.3 is 11.1 Å². The second kappa shape index (κ2) is 6.61. The lowest BCUT2D eigenvalue weighted by atomic mass is 9.82. The number of amides is 1. The summed E-state index contributed by atoms with van der Waals surface area (Å²) >= 11 is 0. The van der Waals surface area contributed by atoms with Gasteiger partial charge in [-0.25, -0.2) is 8.78 Å². The number of benzene rings is 1. The third-order valence-corrected chi connectivity index (χ3v) is 3.73. The molecule has 0 fully saturated rings. The fraction of sp³-hybridized carbons (Fsp3) is 0.500. The number of hydrogen-bond acceptors (Lipinski definition) is 2. The summed E-state index contributed by atoms with van der Waals surface area (Å²) < 4.78 is 26.2. The first-order chi connectivity index (χ1) is 8.98. The summed E-state index contributed by atoms with van der Waals surface area (Å²) in [6, 6.07) is 2.90. The summed E-state index contributed by atoms with van der Waals surface area (Å²) in [5, 5.41) is 2.67. The smallest absolute Gasteiger partial charge is 0.254 e. The highest BCUT2D eigenvalue weighted by atomic mass is 19.1. The zero-order chi connectivity index (χ0) is 14.5. The van der Waals surface area contributed by atoms with Crippen LogP contribution in [0.5, 0.6) is 0 Å². The molecule has 0 saturated heterocycles. The van der Waals surface area contributed by atoms with Crippen molar-refractivity contribution in [1.29, 1.82) is 0 Å². The van der Waals surface area contributed by atoms with Crippen molar-refractivity contribution < 1.29 is 13.6 Å². The number of halogens is 2. The molecule has 0 radical (unpaired) electrons. The molecule has 0 aromatic heterocycles. The molecule has 0 heterocycles. The number of rotatable bonds is 6. The molecule has 0 spiro atoms. The van der Waals surface area contributed by atoms with E-state index in [1.165, 1.54) is 0 Å². The molecule has 0 saturated carbocycles. The van der Waals surface area contributed by atoms with Gasteiger partial charge in [-0.1, -0.05) is 13.8 Å². The van der Waals surface area contributed by atoms with Crippen LogP contribution in [0.4, 0.5) is 8.78 Å². The largest absolute Gasteiger partial charge is 0.351 e. The van der Waals surface area contributed by atoms with Crippen molar-refractivity contribution in [3.8, 4) is 0 Å². The van der Waals surface area contributed by atoms with Gasteiger partial charge >= 0.3 is 0 Å². The number of nitrogens with two attached hydrogens (primary N) is 1. The molecular weight excluding hydrogens is 250 g/mol. The molecular formula is C14H20F2N2O. The maximum absolute atomic E-state index is 13.4. The van der Waals surface area contributed by atoms with Crippen LogP contribution in [0.3, 0.4) is 0 Å². The number of carbonyl (C=O) groups excluding carboxylic acids is 1. The van der Waals surface area contributed by atoms with E-state index in [1.807, 2.05) is 13.8 Å². The van der Waals surface area contributed by atoms with Crippen LogP contribution < -0.4 is 11.1 Å². The van der Waals surface area contributed by atoms with Crippen LogP contribution in [-0.2, 0) is 0 Å². The lowest BCUT2D eigenvalue weighted by Gasteiger charge is -2.30. The summed E-state index contributed by atoms with van der Waals surface area (Å²) in [5.74, 6) is -2.10. The van der Waals surface area contributed by atoms with Gasteiger partial charge in [0.25, 0.3) is 5.91 Å². The minimum absolute atomic E-state index is 0.153. The minimum atomic E-state index is -0.858. The van der Waals surface area contributed by atoms with Gasteiger partial charge in [0.2, 0.25) is 0 Å². The van der Waals surface area contributed by atoms with Gasteiger partial charge in [0.1, 0.15) is 11.6 Å². The van der Waals surface area contributed by atoms with Gasteiger partial charge in [-0.3, -0.25) is 4.79 Å². The molecule has 0 aliphatic heterocycles. The quantitative estimate of drug-likeness (QED) is 0.834. The lowest BCUT2D eigenvalue weighted by Crippen LogP contribution is -2.42. The molecule has 0 aliphatic carbocycles. The molecule has 1 rings (SSSR count). The summed E-state index contributed by atoms with van der Waals surface area (Å²) in [5.41, 5.74) is 5.40. The number of hydrogen-bond donors (Lipinski definition) is 2. The Labute approximate surface area is 112 Å². The molecule has 0 unspecified atom stereocenters. The van der Waals surface area contributed by atoms with Crippen molar-refractivity contribution in [3.05, 3.63) is 35.4 Å².